The summed E-state index contributed by atoms with van der Waals surface area (Å²) in [6.07, 6.45) is 8.20. The highest BCUT2D eigenvalue weighted by atomic mass is 16.4. The van der Waals surface area contributed by atoms with Gasteiger partial charge in [-0.05, 0) is 32.2 Å². The van der Waals surface area contributed by atoms with E-state index in [0.717, 1.165) is 19.0 Å². The molecular formula is C14H26N4O. The summed E-state index contributed by atoms with van der Waals surface area (Å²) in [5.41, 5.74) is 0. The van der Waals surface area contributed by atoms with Gasteiger partial charge in [-0.1, -0.05) is 37.7 Å². The van der Waals surface area contributed by atoms with Crippen molar-refractivity contribution in [3.8, 4) is 0 Å². The average molecular weight is 266 g/mol. The lowest BCUT2D eigenvalue weighted by Gasteiger charge is -2.08. The number of hydrogen-bond acceptors (Lipinski definition) is 5. The van der Waals surface area contributed by atoms with Gasteiger partial charge in [-0.15, -0.1) is 5.10 Å². The van der Waals surface area contributed by atoms with E-state index in [9.17, 15) is 0 Å². The Morgan fingerprint density at radius 1 is 1.32 bits per heavy atom. The van der Waals surface area contributed by atoms with Gasteiger partial charge in [0, 0.05) is 6.54 Å². The molecule has 0 radical (unpaired) electrons. The van der Waals surface area contributed by atoms with Crippen LogP contribution in [0, 0.1) is 5.92 Å². The summed E-state index contributed by atoms with van der Waals surface area (Å²) in [4.78, 5) is 0. The first-order chi connectivity index (χ1) is 9.29. The van der Waals surface area contributed by atoms with Gasteiger partial charge >= 0.3 is 6.01 Å². The molecule has 1 aliphatic carbocycles. The molecule has 2 rings (SSSR count). The molecule has 19 heavy (non-hydrogen) atoms. The third kappa shape index (κ3) is 4.49. The van der Waals surface area contributed by atoms with Crippen LogP contribution in [-0.2, 0) is 0 Å². The lowest BCUT2D eigenvalue weighted by Crippen LogP contribution is -2.17. The van der Waals surface area contributed by atoms with Crippen molar-refractivity contribution in [2.24, 2.45) is 5.92 Å². The van der Waals surface area contributed by atoms with Crippen LogP contribution in [0.3, 0.4) is 0 Å². The third-order valence-corrected chi connectivity index (χ3v) is 3.86. The molecule has 0 aliphatic heterocycles. The third-order valence-electron chi connectivity index (χ3n) is 3.86. The summed E-state index contributed by atoms with van der Waals surface area (Å²) in [6, 6.07) is 0.665. The number of aromatic nitrogens is 2. The van der Waals surface area contributed by atoms with E-state index in [0.29, 0.717) is 11.9 Å². The SMILES string of the molecule is CCNC(C)c1nnc(NCCCC2CCCC2)o1. The van der Waals surface area contributed by atoms with E-state index in [1.54, 1.807) is 0 Å². The normalized spacial score (nSPS) is 17.8. The fourth-order valence-electron chi connectivity index (χ4n) is 2.76. The Bertz CT molecular complexity index is 360. The van der Waals surface area contributed by atoms with E-state index in [1.807, 2.05) is 6.92 Å². The van der Waals surface area contributed by atoms with E-state index in [2.05, 4.69) is 27.8 Å². The molecular weight excluding hydrogens is 240 g/mol. The zero-order chi connectivity index (χ0) is 13.5. The van der Waals surface area contributed by atoms with Gasteiger partial charge in [0.1, 0.15) is 0 Å². The first-order valence-corrected chi connectivity index (χ1v) is 7.60. The molecule has 1 aromatic heterocycles. The Labute approximate surface area is 115 Å². The van der Waals surface area contributed by atoms with E-state index in [-0.39, 0.29) is 6.04 Å². The average Bonchev–Trinajstić information content (AvgIpc) is 3.06. The molecule has 1 saturated carbocycles. The van der Waals surface area contributed by atoms with Crippen molar-refractivity contribution in [3.05, 3.63) is 5.89 Å². The van der Waals surface area contributed by atoms with Crippen LogP contribution >= 0.6 is 0 Å². The van der Waals surface area contributed by atoms with Crippen LogP contribution in [0.4, 0.5) is 6.01 Å². The first-order valence-electron chi connectivity index (χ1n) is 7.60. The molecule has 1 aromatic rings. The molecule has 1 aliphatic rings. The summed E-state index contributed by atoms with van der Waals surface area (Å²) in [5, 5.41) is 14.5. The number of anilines is 1. The minimum atomic E-state index is 0.117. The number of rotatable bonds is 8. The predicted octanol–water partition coefficient (Wildman–Crippen LogP) is 3.12. The molecule has 0 saturated heterocycles. The first kappa shape index (κ1) is 14.3. The summed E-state index contributed by atoms with van der Waals surface area (Å²) in [6.45, 7) is 5.91. The predicted molar refractivity (Wildman–Crippen MR) is 76.1 cm³/mol. The van der Waals surface area contributed by atoms with Gasteiger partial charge < -0.3 is 15.1 Å². The summed E-state index contributed by atoms with van der Waals surface area (Å²) < 4.78 is 5.57. The Balaban J connectivity index is 1.65. The second-order valence-electron chi connectivity index (χ2n) is 5.44. The Morgan fingerprint density at radius 3 is 2.84 bits per heavy atom. The molecule has 5 nitrogen and oxygen atoms in total. The van der Waals surface area contributed by atoms with Crippen LogP contribution in [-0.4, -0.2) is 23.3 Å². The Kier molecular flexibility index (Phi) is 5.63. The number of nitrogens with zero attached hydrogens (tertiary/aromatic N) is 2. The lowest BCUT2D eigenvalue weighted by molar-refractivity contribution is 0.427. The van der Waals surface area contributed by atoms with Crippen LogP contribution in [0.2, 0.25) is 0 Å². The topological polar surface area (TPSA) is 63.0 Å². The molecule has 0 bridgehead atoms. The molecule has 0 aromatic carbocycles. The van der Waals surface area contributed by atoms with Crippen LogP contribution in [0.5, 0.6) is 0 Å². The van der Waals surface area contributed by atoms with E-state index >= 15 is 0 Å². The van der Waals surface area contributed by atoms with Gasteiger partial charge in [0.15, 0.2) is 0 Å². The second-order valence-corrected chi connectivity index (χ2v) is 5.44. The molecule has 0 amide bonds. The highest BCUT2D eigenvalue weighted by molar-refractivity contribution is 5.16. The van der Waals surface area contributed by atoms with E-state index in [1.165, 1.54) is 38.5 Å². The molecule has 108 valence electrons. The molecule has 0 spiro atoms. The van der Waals surface area contributed by atoms with Crippen LogP contribution < -0.4 is 10.6 Å². The fourth-order valence-corrected chi connectivity index (χ4v) is 2.76. The van der Waals surface area contributed by atoms with E-state index in [4.69, 9.17) is 4.42 Å². The Morgan fingerprint density at radius 2 is 2.11 bits per heavy atom. The van der Waals surface area contributed by atoms with Gasteiger partial charge in [0.25, 0.3) is 0 Å². The maximum atomic E-state index is 5.57. The van der Waals surface area contributed by atoms with Gasteiger partial charge in [-0.25, -0.2) is 0 Å². The molecule has 1 unspecified atom stereocenters. The van der Waals surface area contributed by atoms with Gasteiger partial charge in [0.05, 0.1) is 6.04 Å². The zero-order valence-corrected chi connectivity index (χ0v) is 12.1. The lowest BCUT2D eigenvalue weighted by atomic mass is 10.0. The molecule has 2 N–H and O–H groups in total. The maximum Gasteiger partial charge on any atom is 0.315 e. The molecule has 1 heterocycles. The minimum Gasteiger partial charge on any atom is -0.406 e. The van der Waals surface area contributed by atoms with Gasteiger partial charge in [0.2, 0.25) is 5.89 Å². The summed E-state index contributed by atoms with van der Waals surface area (Å²) in [5.74, 6) is 1.61. The van der Waals surface area contributed by atoms with Gasteiger partial charge in [-0.2, -0.15) is 0 Å². The van der Waals surface area contributed by atoms with Crippen molar-refractivity contribution in [1.82, 2.24) is 15.5 Å². The zero-order valence-electron chi connectivity index (χ0n) is 12.1. The molecule has 1 fully saturated rings. The second kappa shape index (κ2) is 7.48. The van der Waals surface area contributed by atoms with E-state index < -0.39 is 0 Å². The minimum absolute atomic E-state index is 0.117. The van der Waals surface area contributed by atoms with Crippen molar-refractivity contribution in [3.63, 3.8) is 0 Å². The summed E-state index contributed by atoms with van der Waals surface area (Å²) in [7, 11) is 0. The maximum absolute atomic E-state index is 5.57. The Hall–Kier alpha value is -1.10. The van der Waals surface area contributed by atoms with Crippen molar-refractivity contribution in [2.75, 3.05) is 18.4 Å². The number of hydrogen-bond donors (Lipinski definition) is 2. The van der Waals surface area contributed by atoms with Crippen LogP contribution in [0.15, 0.2) is 4.42 Å². The van der Waals surface area contributed by atoms with Crippen LogP contribution in [0.1, 0.15) is 64.3 Å². The highest BCUT2D eigenvalue weighted by Crippen LogP contribution is 2.28. The van der Waals surface area contributed by atoms with Crippen LogP contribution in [0.25, 0.3) is 0 Å². The fraction of sp³-hybridized carbons (Fsp3) is 0.857. The van der Waals surface area contributed by atoms with Crippen molar-refractivity contribution in [1.29, 1.82) is 0 Å². The largest absolute Gasteiger partial charge is 0.406 e. The smallest absolute Gasteiger partial charge is 0.315 e. The van der Waals surface area contributed by atoms with Crippen molar-refractivity contribution < 1.29 is 4.42 Å². The standard InChI is InChI=1S/C14H26N4O/c1-3-15-11(2)13-17-18-14(19-13)16-10-6-9-12-7-4-5-8-12/h11-12,15H,3-10H2,1-2H3,(H,16,18). The van der Waals surface area contributed by atoms with Crippen molar-refractivity contribution >= 4 is 6.01 Å². The van der Waals surface area contributed by atoms with Gasteiger partial charge in [-0.3, -0.25) is 0 Å². The van der Waals surface area contributed by atoms with Crippen molar-refractivity contribution in [2.45, 2.75) is 58.4 Å². The monoisotopic (exact) mass is 266 g/mol. The molecule has 1 atom stereocenters. The number of nitrogens with one attached hydrogen (secondary N) is 2. The highest BCUT2D eigenvalue weighted by Gasteiger charge is 2.15. The summed E-state index contributed by atoms with van der Waals surface area (Å²) >= 11 is 0. The molecule has 5 heteroatoms. The quantitative estimate of drug-likeness (QED) is 0.708.